The second-order valence-corrected chi connectivity index (χ2v) is 10.6. The molecule has 3 aromatic rings. The summed E-state index contributed by atoms with van der Waals surface area (Å²) in [5.74, 6) is 1.58. The average molecular weight is 489 g/mol. The van der Waals surface area contributed by atoms with Crippen LogP contribution in [0, 0.1) is 5.92 Å². The van der Waals surface area contributed by atoms with E-state index in [1.54, 1.807) is 15.3 Å². The lowest BCUT2D eigenvalue weighted by Crippen LogP contribution is -2.46. The predicted octanol–water partition coefficient (Wildman–Crippen LogP) is 3.00. The van der Waals surface area contributed by atoms with Crippen molar-refractivity contribution in [3.8, 4) is 5.82 Å². The molecule has 0 amide bonds. The summed E-state index contributed by atoms with van der Waals surface area (Å²) in [6.45, 7) is 7.26. The number of nitrogens with zero attached hydrogens (tertiary/aromatic N) is 7. The van der Waals surface area contributed by atoms with E-state index in [4.69, 9.17) is 0 Å². The van der Waals surface area contributed by atoms with Gasteiger partial charge in [0.2, 0.25) is 0 Å². The Hall–Kier alpha value is -3.20. The van der Waals surface area contributed by atoms with Crippen molar-refractivity contribution in [2.75, 3.05) is 42.5 Å². The third-order valence-corrected chi connectivity index (χ3v) is 7.95. The van der Waals surface area contributed by atoms with Crippen LogP contribution in [0.15, 0.2) is 47.8 Å². The molecule has 0 aromatic carbocycles. The SMILES string of the molecule is CC(c1cnn(-c2cc(N3CCCC3)cnn2)c1)n1ccc(N2CCC[C@@H](NCC3CC3)C2)cc1=O. The van der Waals surface area contributed by atoms with Gasteiger partial charge in [0.1, 0.15) is 0 Å². The Morgan fingerprint density at radius 3 is 2.67 bits per heavy atom. The highest BCUT2D eigenvalue weighted by atomic mass is 16.1. The van der Waals surface area contributed by atoms with Crippen LogP contribution in [0.25, 0.3) is 5.82 Å². The van der Waals surface area contributed by atoms with Crippen molar-refractivity contribution in [2.24, 2.45) is 5.92 Å². The summed E-state index contributed by atoms with van der Waals surface area (Å²) in [6.07, 6.45) is 15.0. The summed E-state index contributed by atoms with van der Waals surface area (Å²) >= 11 is 0. The van der Waals surface area contributed by atoms with Crippen LogP contribution in [0.5, 0.6) is 0 Å². The first kappa shape index (κ1) is 23.2. The van der Waals surface area contributed by atoms with Gasteiger partial charge in [0.05, 0.1) is 24.1 Å². The number of hydrogen-bond acceptors (Lipinski definition) is 7. The van der Waals surface area contributed by atoms with E-state index in [0.717, 1.165) is 62.0 Å². The molecule has 0 radical (unpaired) electrons. The summed E-state index contributed by atoms with van der Waals surface area (Å²) < 4.78 is 3.53. The third kappa shape index (κ3) is 5.02. The Balaban J connectivity index is 1.15. The zero-order valence-corrected chi connectivity index (χ0v) is 21.1. The number of aromatic nitrogens is 5. The minimum absolute atomic E-state index is 0.0108. The number of nitrogens with one attached hydrogen (secondary N) is 1. The molecular formula is C27H36N8O. The highest BCUT2D eigenvalue weighted by Crippen LogP contribution is 2.28. The molecule has 0 spiro atoms. The molecule has 1 aliphatic carbocycles. The molecule has 1 unspecified atom stereocenters. The molecule has 190 valence electrons. The Bertz CT molecular complexity index is 1240. The summed E-state index contributed by atoms with van der Waals surface area (Å²) in [5, 5.41) is 16.7. The van der Waals surface area contributed by atoms with Gasteiger partial charge in [-0.2, -0.15) is 10.2 Å². The maximum absolute atomic E-state index is 13.1. The number of pyridine rings is 1. The second kappa shape index (κ2) is 10.0. The quantitative estimate of drug-likeness (QED) is 0.522. The molecular weight excluding hydrogens is 452 g/mol. The van der Waals surface area contributed by atoms with Crippen molar-refractivity contribution in [3.63, 3.8) is 0 Å². The third-order valence-electron chi connectivity index (χ3n) is 7.95. The van der Waals surface area contributed by atoms with Crippen molar-refractivity contribution >= 4 is 11.4 Å². The number of piperidine rings is 1. The van der Waals surface area contributed by atoms with Crippen LogP contribution in [0.4, 0.5) is 11.4 Å². The average Bonchev–Trinajstić information content (AvgIpc) is 3.35. The van der Waals surface area contributed by atoms with Gasteiger partial charge in [0.15, 0.2) is 5.82 Å². The zero-order valence-electron chi connectivity index (χ0n) is 21.1. The molecule has 0 bridgehead atoms. The first-order chi connectivity index (χ1) is 17.6. The van der Waals surface area contributed by atoms with E-state index in [1.165, 1.54) is 32.1 Å². The lowest BCUT2D eigenvalue weighted by Gasteiger charge is -2.35. The van der Waals surface area contributed by atoms with Crippen LogP contribution in [-0.2, 0) is 0 Å². The minimum atomic E-state index is -0.135. The summed E-state index contributed by atoms with van der Waals surface area (Å²) in [6, 6.07) is 6.28. The van der Waals surface area contributed by atoms with E-state index in [0.29, 0.717) is 11.9 Å². The molecule has 3 aliphatic rings. The number of hydrogen-bond donors (Lipinski definition) is 1. The Morgan fingerprint density at radius 1 is 1.03 bits per heavy atom. The Morgan fingerprint density at radius 2 is 1.86 bits per heavy atom. The van der Waals surface area contributed by atoms with E-state index < -0.39 is 0 Å². The predicted molar refractivity (Wildman–Crippen MR) is 141 cm³/mol. The van der Waals surface area contributed by atoms with Gasteiger partial charge in [0.25, 0.3) is 5.56 Å². The van der Waals surface area contributed by atoms with Crippen LogP contribution in [0.3, 0.4) is 0 Å². The molecule has 36 heavy (non-hydrogen) atoms. The first-order valence-electron chi connectivity index (χ1n) is 13.5. The minimum Gasteiger partial charge on any atom is -0.370 e. The molecule has 2 saturated heterocycles. The molecule has 1 N–H and O–H groups in total. The molecule has 2 atom stereocenters. The highest BCUT2D eigenvalue weighted by Gasteiger charge is 2.25. The Labute approximate surface area is 212 Å². The van der Waals surface area contributed by atoms with Crippen LogP contribution in [0.2, 0.25) is 0 Å². The molecule has 9 nitrogen and oxygen atoms in total. The van der Waals surface area contributed by atoms with Gasteiger partial charge in [-0.05, 0) is 64.0 Å². The van der Waals surface area contributed by atoms with E-state index in [2.05, 4.69) is 36.5 Å². The smallest absolute Gasteiger partial charge is 0.253 e. The molecule has 5 heterocycles. The number of anilines is 2. The summed E-state index contributed by atoms with van der Waals surface area (Å²) in [7, 11) is 0. The van der Waals surface area contributed by atoms with E-state index in [-0.39, 0.29) is 11.6 Å². The summed E-state index contributed by atoms with van der Waals surface area (Å²) in [5.41, 5.74) is 3.07. The van der Waals surface area contributed by atoms with Crippen molar-refractivity contribution in [1.82, 2.24) is 29.9 Å². The monoisotopic (exact) mass is 488 g/mol. The van der Waals surface area contributed by atoms with Gasteiger partial charge in [0, 0.05) is 68.0 Å². The second-order valence-electron chi connectivity index (χ2n) is 10.6. The molecule has 9 heteroatoms. The highest BCUT2D eigenvalue weighted by molar-refractivity contribution is 5.49. The fraction of sp³-hybridized carbons (Fsp3) is 0.556. The van der Waals surface area contributed by atoms with Crippen LogP contribution in [0.1, 0.15) is 57.1 Å². The molecule has 2 aliphatic heterocycles. The van der Waals surface area contributed by atoms with Crippen molar-refractivity contribution in [3.05, 3.63) is 58.9 Å². The van der Waals surface area contributed by atoms with Gasteiger partial charge < -0.3 is 19.7 Å². The standard InChI is InChI=1S/C27H36N8O/c1-20(22-16-30-35(18-22)26-13-25(17-29-31-26)32-9-2-3-10-32)34-12-8-24(14-27(34)36)33-11-4-5-23(19-33)28-15-21-6-7-21/h8,12-14,16-18,20-21,23,28H,2-7,9-11,15,19H2,1H3/t20?,23-/m1/s1. The van der Waals surface area contributed by atoms with E-state index in [9.17, 15) is 4.79 Å². The Kier molecular flexibility index (Phi) is 6.48. The van der Waals surface area contributed by atoms with Gasteiger partial charge >= 0.3 is 0 Å². The lowest BCUT2D eigenvalue weighted by molar-refractivity contribution is 0.416. The van der Waals surface area contributed by atoms with Gasteiger partial charge in [-0.25, -0.2) is 4.68 Å². The lowest BCUT2D eigenvalue weighted by atomic mass is 10.0. The van der Waals surface area contributed by atoms with Crippen LogP contribution < -0.4 is 20.7 Å². The molecule has 6 rings (SSSR count). The van der Waals surface area contributed by atoms with Gasteiger partial charge in [-0.3, -0.25) is 4.79 Å². The van der Waals surface area contributed by atoms with Gasteiger partial charge in [-0.15, -0.1) is 5.10 Å². The van der Waals surface area contributed by atoms with Crippen LogP contribution in [-0.4, -0.2) is 63.3 Å². The largest absolute Gasteiger partial charge is 0.370 e. The molecule has 3 fully saturated rings. The van der Waals surface area contributed by atoms with Crippen LogP contribution >= 0.6 is 0 Å². The zero-order chi connectivity index (χ0) is 24.5. The normalized spacial score (nSPS) is 21.2. The van der Waals surface area contributed by atoms with Crippen molar-refractivity contribution in [2.45, 2.75) is 57.5 Å². The maximum Gasteiger partial charge on any atom is 0.253 e. The fourth-order valence-electron chi connectivity index (χ4n) is 5.47. The van der Waals surface area contributed by atoms with E-state index >= 15 is 0 Å². The van der Waals surface area contributed by atoms with Gasteiger partial charge in [-0.1, -0.05) is 0 Å². The van der Waals surface area contributed by atoms with E-state index in [1.807, 2.05) is 37.8 Å². The topological polar surface area (TPSA) is 84.1 Å². The summed E-state index contributed by atoms with van der Waals surface area (Å²) in [4.78, 5) is 17.8. The first-order valence-corrected chi connectivity index (χ1v) is 13.5. The molecule has 1 saturated carbocycles. The fourth-order valence-corrected chi connectivity index (χ4v) is 5.47. The van der Waals surface area contributed by atoms with Crippen molar-refractivity contribution in [1.29, 1.82) is 0 Å². The molecule has 3 aromatic heterocycles. The maximum atomic E-state index is 13.1. The number of rotatable bonds is 8. The van der Waals surface area contributed by atoms with Crippen molar-refractivity contribution < 1.29 is 0 Å².